The van der Waals surface area contributed by atoms with Gasteiger partial charge >= 0.3 is 18.5 Å². The second kappa shape index (κ2) is 6.49. The molecule has 0 bridgehead atoms. The summed E-state index contributed by atoms with van der Waals surface area (Å²) in [5.41, 5.74) is -1.27. The Morgan fingerprint density at radius 3 is 2.36 bits per heavy atom. The van der Waals surface area contributed by atoms with E-state index in [4.69, 9.17) is 9.84 Å². The molecule has 0 amide bonds. The lowest BCUT2D eigenvalue weighted by Crippen LogP contribution is -2.40. The third kappa shape index (κ3) is 4.37. The van der Waals surface area contributed by atoms with Crippen molar-refractivity contribution < 1.29 is 45.7 Å². The van der Waals surface area contributed by atoms with Gasteiger partial charge in [0.05, 0.1) is 5.57 Å². The van der Waals surface area contributed by atoms with Crippen molar-refractivity contribution in [2.45, 2.75) is 38.4 Å². The summed E-state index contributed by atoms with van der Waals surface area (Å²) in [5, 5.41) is 8.97. The van der Waals surface area contributed by atoms with Gasteiger partial charge in [-0.3, -0.25) is 0 Å². The zero-order valence-corrected chi connectivity index (χ0v) is 12.7. The number of aliphatic carboxylic acids is 1. The van der Waals surface area contributed by atoms with Crippen molar-refractivity contribution in [3.8, 4) is 11.5 Å². The molecule has 1 aromatic carbocycles. The third-order valence-corrected chi connectivity index (χ3v) is 3.29. The highest BCUT2D eigenvalue weighted by Gasteiger charge is 2.49. The predicted octanol–water partition coefficient (Wildman–Crippen LogP) is 4.33. The molecule has 0 saturated carbocycles. The van der Waals surface area contributed by atoms with Crippen molar-refractivity contribution in [2.75, 3.05) is 0 Å². The summed E-state index contributed by atoms with van der Waals surface area (Å²) in [4.78, 5) is 11.1. The first-order valence-electron chi connectivity index (χ1n) is 7.03. The maximum atomic E-state index is 13.1. The number of rotatable bonds is 4. The van der Waals surface area contributed by atoms with Crippen molar-refractivity contribution in [2.24, 2.45) is 0 Å². The van der Waals surface area contributed by atoms with Crippen molar-refractivity contribution >= 4 is 12.0 Å². The minimum Gasteiger partial charge on any atom is -0.478 e. The monoisotopic (exact) mass is 370 g/mol. The van der Waals surface area contributed by atoms with Crippen molar-refractivity contribution in [1.82, 2.24) is 0 Å². The van der Waals surface area contributed by atoms with Crippen molar-refractivity contribution in [3.63, 3.8) is 0 Å². The number of aryl methyl sites for hydroxylation is 1. The molecule has 1 aromatic rings. The van der Waals surface area contributed by atoms with Crippen LogP contribution in [0, 0.1) is 0 Å². The maximum absolute atomic E-state index is 13.1. The van der Waals surface area contributed by atoms with Gasteiger partial charge in [0.1, 0.15) is 11.5 Å². The van der Waals surface area contributed by atoms with Gasteiger partial charge in [-0.15, -0.1) is 13.2 Å². The van der Waals surface area contributed by atoms with Gasteiger partial charge < -0.3 is 14.6 Å². The minimum atomic E-state index is -5.00. The van der Waals surface area contributed by atoms with Crippen LogP contribution in [0.2, 0.25) is 0 Å². The average Bonchev–Trinajstić information content (AvgIpc) is 2.43. The second-order valence-electron chi connectivity index (χ2n) is 5.24. The Kier molecular flexibility index (Phi) is 4.92. The summed E-state index contributed by atoms with van der Waals surface area (Å²) in [7, 11) is 0. The maximum Gasteiger partial charge on any atom is 0.573 e. The molecule has 0 aromatic heterocycles. The molecule has 0 radical (unpaired) electrons. The average molecular weight is 370 g/mol. The van der Waals surface area contributed by atoms with Crippen molar-refractivity contribution in [3.05, 3.63) is 28.8 Å². The second-order valence-corrected chi connectivity index (χ2v) is 5.24. The summed E-state index contributed by atoms with van der Waals surface area (Å²) in [5.74, 6) is -2.85. The molecule has 25 heavy (non-hydrogen) atoms. The highest BCUT2D eigenvalue weighted by molar-refractivity contribution is 5.95. The lowest BCUT2D eigenvalue weighted by molar-refractivity contribution is -0.274. The number of ether oxygens (including phenoxy) is 2. The largest absolute Gasteiger partial charge is 0.573 e. The number of hydrogen-bond donors (Lipinski definition) is 1. The van der Waals surface area contributed by atoms with E-state index in [2.05, 4.69) is 4.74 Å². The summed E-state index contributed by atoms with van der Waals surface area (Å²) in [6.45, 7) is 1.67. The van der Waals surface area contributed by atoms with Crippen LogP contribution in [0.3, 0.4) is 0 Å². The zero-order chi connectivity index (χ0) is 19.0. The van der Waals surface area contributed by atoms with Gasteiger partial charge in [-0.05, 0) is 30.2 Å². The number of benzene rings is 1. The van der Waals surface area contributed by atoms with Gasteiger partial charge in [0.15, 0.2) is 0 Å². The van der Waals surface area contributed by atoms with Crippen LogP contribution in [0.4, 0.5) is 26.3 Å². The van der Waals surface area contributed by atoms with E-state index < -0.39 is 35.9 Å². The standard InChI is InChI=1S/C15H12F6O4/c1-2-3-7-4-9(25-15(19,20)21)5-8-6-10(13(22)23)12(14(16,17)18)24-11(7)8/h4-6,12H,2-3H2,1H3,(H,22,23)/t12-/m1/s1. The van der Waals surface area contributed by atoms with E-state index in [1.807, 2.05) is 0 Å². The number of alkyl halides is 6. The quantitative estimate of drug-likeness (QED) is 0.802. The Morgan fingerprint density at radius 2 is 1.88 bits per heavy atom. The van der Waals surface area contributed by atoms with Crippen LogP contribution in [-0.2, 0) is 11.2 Å². The number of halogens is 6. The van der Waals surface area contributed by atoms with Gasteiger partial charge in [-0.1, -0.05) is 13.3 Å². The van der Waals surface area contributed by atoms with Gasteiger partial charge in [0, 0.05) is 5.56 Å². The van der Waals surface area contributed by atoms with Crippen LogP contribution >= 0.6 is 0 Å². The molecule has 0 spiro atoms. The van der Waals surface area contributed by atoms with Gasteiger partial charge in [0.2, 0.25) is 6.10 Å². The summed E-state index contributed by atoms with van der Waals surface area (Å²) < 4.78 is 85.0. The number of carboxylic acids is 1. The summed E-state index contributed by atoms with van der Waals surface area (Å²) in [6.07, 6.45) is -11.5. The van der Waals surface area contributed by atoms with Crippen LogP contribution in [0.5, 0.6) is 11.5 Å². The third-order valence-electron chi connectivity index (χ3n) is 3.29. The van der Waals surface area contributed by atoms with Gasteiger partial charge in [-0.25, -0.2) is 4.79 Å². The molecule has 138 valence electrons. The SMILES string of the molecule is CCCc1cc(OC(F)(F)F)cc2c1O[C@@H](C(F)(F)F)C(C(=O)O)=C2. The topological polar surface area (TPSA) is 55.8 Å². The minimum absolute atomic E-state index is 0.0641. The number of hydrogen-bond acceptors (Lipinski definition) is 3. The Balaban J connectivity index is 2.60. The molecular formula is C15H12F6O4. The molecule has 4 nitrogen and oxygen atoms in total. The molecule has 2 rings (SSSR count). The van der Waals surface area contributed by atoms with E-state index in [9.17, 15) is 31.1 Å². The van der Waals surface area contributed by atoms with E-state index >= 15 is 0 Å². The first kappa shape index (κ1) is 18.9. The number of carboxylic acid groups (broad SMARTS) is 1. The van der Waals surface area contributed by atoms with Crippen LogP contribution < -0.4 is 9.47 Å². The lowest BCUT2D eigenvalue weighted by atomic mass is 9.97. The lowest BCUT2D eigenvalue weighted by Gasteiger charge is -2.29. The number of carbonyl (C=O) groups is 1. The molecule has 0 saturated heterocycles. The van der Waals surface area contributed by atoms with Crippen LogP contribution in [-0.4, -0.2) is 29.7 Å². The molecule has 0 unspecified atom stereocenters. The van der Waals surface area contributed by atoms with Gasteiger partial charge in [-0.2, -0.15) is 13.2 Å². The summed E-state index contributed by atoms with van der Waals surface area (Å²) >= 11 is 0. The van der Waals surface area contributed by atoms with E-state index in [0.717, 1.165) is 12.1 Å². The van der Waals surface area contributed by atoms with E-state index in [1.54, 1.807) is 6.92 Å². The smallest absolute Gasteiger partial charge is 0.478 e. The van der Waals surface area contributed by atoms with Crippen LogP contribution in [0.15, 0.2) is 17.7 Å². The Labute approximate surface area is 137 Å². The number of fused-ring (bicyclic) bond motifs is 1. The molecular weight excluding hydrogens is 358 g/mol. The highest BCUT2D eigenvalue weighted by atomic mass is 19.4. The summed E-state index contributed by atoms with van der Waals surface area (Å²) in [6, 6.07) is 1.72. The zero-order valence-electron chi connectivity index (χ0n) is 12.7. The fourth-order valence-corrected chi connectivity index (χ4v) is 2.42. The molecule has 1 aliphatic heterocycles. The first-order valence-corrected chi connectivity index (χ1v) is 7.03. The molecule has 1 atom stereocenters. The Hall–Kier alpha value is -2.39. The fourth-order valence-electron chi connectivity index (χ4n) is 2.42. The highest BCUT2D eigenvalue weighted by Crippen LogP contribution is 2.42. The Bertz CT molecular complexity index is 705. The normalized spacial score (nSPS) is 17.4. The van der Waals surface area contributed by atoms with E-state index in [0.29, 0.717) is 12.5 Å². The Morgan fingerprint density at radius 1 is 1.24 bits per heavy atom. The molecule has 1 aliphatic rings. The van der Waals surface area contributed by atoms with Crippen LogP contribution in [0.25, 0.3) is 6.08 Å². The molecule has 1 N–H and O–H groups in total. The fraction of sp³-hybridized carbons (Fsp3) is 0.400. The van der Waals surface area contributed by atoms with E-state index in [1.165, 1.54) is 0 Å². The predicted molar refractivity (Wildman–Crippen MR) is 73.2 cm³/mol. The molecule has 0 aliphatic carbocycles. The molecule has 1 heterocycles. The van der Waals surface area contributed by atoms with Crippen molar-refractivity contribution in [1.29, 1.82) is 0 Å². The van der Waals surface area contributed by atoms with Crippen LogP contribution in [0.1, 0.15) is 24.5 Å². The first-order chi connectivity index (χ1) is 11.4. The molecule has 10 heteroatoms. The van der Waals surface area contributed by atoms with Gasteiger partial charge in [0.25, 0.3) is 0 Å². The molecule has 0 fully saturated rings. The van der Waals surface area contributed by atoms with E-state index in [-0.39, 0.29) is 23.3 Å².